The third kappa shape index (κ3) is 7.93. The second kappa shape index (κ2) is 8.23. The summed E-state index contributed by atoms with van der Waals surface area (Å²) in [6, 6.07) is -0.706. The molecule has 1 unspecified atom stereocenters. The Labute approximate surface area is 90.0 Å². The average Bonchev–Trinajstić information content (AvgIpc) is 2.20. The van der Waals surface area contributed by atoms with Crippen LogP contribution >= 0.6 is 0 Å². The molecule has 0 aliphatic rings. The van der Waals surface area contributed by atoms with Crippen molar-refractivity contribution >= 4 is 11.9 Å². The van der Waals surface area contributed by atoms with Gasteiger partial charge in [0.25, 0.3) is 0 Å². The third-order valence-corrected chi connectivity index (χ3v) is 2.09. The molecule has 0 saturated carbocycles. The fourth-order valence-corrected chi connectivity index (χ4v) is 1.13. The Morgan fingerprint density at radius 2 is 2.07 bits per heavy atom. The summed E-state index contributed by atoms with van der Waals surface area (Å²) in [5.74, 6) is -1.18. The molecule has 0 aliphatic heterocycles. The number of carbonyl (C=O) groups excluding carboxylic acids is 1. The number of carboxylic acid groups (broad SMARTS) is 1. The van der Waals surface area contributed by atoms with Gasteiger partial charge in [-0.25, -0.2) is 0 Å². The van der Waals surface area contributed by atoms with E-state index < -0.39 is 12.0 Å². The van der Waals surface area contributed by atoms with Crippen LogP contribution in [0.5, 0.6) is 0 Å². The predicted molar refractivity (Wildman–Crippen MR) is 57.4 cm³/mol. The summed E-state index contributed by atoms with van der Waals surface area (Å²) < 4.78 is 0. The first-order valence-electron chi connectivity index (χ1n) is 5.33. The van der Waals surface area contributed by atoms with Crippen LogP contribution < -0.4 is 11.1 Å². The first kappa shape index (κ1) is 13.9. The molecule has 0 fully saturated rings. The van der Waals surface area contributed by atoms with Gasteiger partial charge in [-0.3, -0.25) is 9.59 Å². The zero-order valence-corrected chi connectivity index (χ0v) is 9.16. The smallest absolute Gasteiger partial charge is 0.303 e. The molecule has 1 atom stereocenters. The van der Waals surface area contributed by atoms with Crippen molar-refractivity contribution in [1.82, 2.24) is 5.32 Å². The van der Waals surface area contributed by atoms with E-state index in [1.807, 2.05) is 0 Å². The molecule has 5 nitrogen and oxygen atoms in total. The molecule has 0 heterocycles. The molecule has 0 aromatic rings. The Morgan fingerprint density at radius 3 is 2.60 bits per heavy atom. The van der Waals surface area contributed by atoms with Crippen molar-refractivity contribution < 1.29 is 14.7 Å². The van der Waals surface area contributed by atoms with Crippen LogP contribution in [0.15, 0.2) is 0 Å². The van der Waals surface area contributed by atoms with Gasteiger partial charge in [0.15, 0.2) is 0 Å². The van der Waals surface area contributed by atoms with E-state index in [1.54, 1.807) is 0 Å². The van der Waals surface area contributed by atoms with Gasteiger partial charge in [-0.15, -0.1) is 0 Å². The maximum absolute atomic E-state index is 11.3. The first-order chi connectivity index (χ1) is 7.07. The molecule has 0 aliphatic carbocycles. The lowest BCUT2D eigenvalue weighted by atomic mass is 10.1. The molecule has 0 spiro atoms. The SMILES string of the molecule is CCCCCNC(=O)C(N)CCC(=O)O. The van der Waals surface area contributed by atoms with Crippen molar-refractivity contribution in [3.8, 4) is 0 Å². The Balaban J connectivity index is 3.55. The van der Waals surface area contributed by atoms with E-state index in [9.17, 15) is 9.59 Å². The monoisotopic (exact) mass is 216 g/mol. The van der Waals surface area contributed by atoms with Crippen LogP contribution in [0.4, 0.5) is 0 Å². The number of hydrogen-bond donors (Lipinski definition) is 3. The van der Waals surface area contributed by atoms with Crippen molar-refractivity contribution in [3.63, 3.8) is 0 Å². The number of unbranched alkanes of at least 4 members (excludes halogenated alkanes) is 2. The van der Waals surface area contributed by atoms with Gasteiger partial charge in [-0.2, -0.15) is 0 Å². The summed E-state index contributed by atoms with van der Waals surface area (Å²) >= 11 is 0. The summed E-state index contributed by atoms with van der Waals surface area (Å²) in [5.41, 5.74) is 5.50. The van der Waals surface area contributed by atoms with Gasteiger partial charge in [0, 0.05) is 13.0 Å². The molecule has 15 heavy (non-hydrogen) atoms. The lowest BCUT2D eigenvalue weighted by Crippen LogP contribution is -2.41. The quantitative estimate of drug-likeness (QED) is 0.515. The number of rotatable bonds is 8. The molecule has 5 heteroatoms. The fraction of sp³-hybridized carbons (Fsp3) is 0.800. The van der Waals surface area contributed by atoms with E-state index in [0.717, 1.165) is 19.3 Å². The zero-order chi connectivity index (χ0) is 11.7. The molecular weight excluding hydrogens is 196 g/mol. The number of carbonyl (C=O) groups is 2. The van der Waals surface area contributed by atoms with Crippen molar-refractivity contribution in [2.45, 2.75) is 45.1 Å². The number of nitrogens with two attached hydrogens (primary N) is 1. The second-order valence-electron chi connectivity index (χ2n) is 3.54. The molecule has 0 radical (unpaired) electrons. The van der Waals surface area contributed by atoms with Gasteiger partial charge in [0.05, 0.1) is 6.04 Å². The highest BCUT2D eigenvalue weighted by molar-refractivity contribution is 5.82. The van der Waals surface area contributed by atoms with Crippen molar-refractivity contribution in [1.29, 1.82) is 0 Å². The molecule has 0 aromatic heterocycles. The minimum atomic E-state index is -0.927. The molecule has 0 rings (SSSR count). The topological polar surface area (TPSA) is 92.4 Å². The predicted octanol–water partition coefficient (Wildman–Crippen LogP) is 0.485. The van der Waals surface area contributed by atoms with Crippen LogP contribution in [0.3, 0.4) is 0 Å². The minimum Gasteiger partial charge on any atom is -0.481 e. The normalized spacial score (nSPS) is 12.1. The van der Waals surface area contributed by atoms with Crippen LogP contribution in [0, 0.1) is 0 Å². The molecule has 0 saturated heterocycles. The van der Waals surface area contributed by atoms with Gasteiger partial charge in [-0.1, -0.05) is 19.8 Å². The first-order valence-corrected chi connectivity index (χ1v) is 5.33. The van der Waals surface area contributed by atoms with Crippen molar-refractivity contribution in [2.75, 3.05) is 6.54 Å². The Hall–Kier alpha value is -1.10. The minimum absolute atomic E-state index is 0.0659. The van der Waals surface area contributed by atoms with Gasteiger partial charge in [-0.05, 0) is 12.8 Å². The number of carboxylic acids is 1. The molecular formula is C10H20N2O3. The Morgan fingerprint density at radius 1 is 1.40 bits per heavy atom. The summed E-state index contributed by atoms with van der Waals surface area (Å²) in [7, 11) is 0. The van der Waals surface area contributed by atoms with Gasteiger partial charge < -0.3 is 16.2 Å². The van der Waals surface area contributed by atoms with E-state index in [0.29, 0.717) is 6.54 Å². The summed E-state index contributed by atoms with van der Waals surface area (Å²) in [5, 5.41) is 11.1. The van der Waals surface area contributed by atoms with E-state index in [-0.39, 0.29) is 18.7 Å². The summed E-state index contributed by atoms with van der Waals surface area (Å²) in [4.78, 5) is 21.5. The van der Waals surface area contributed by atoms with Gasteiger partial charge in [0.2, 0.25) is 5.91 Å². The maximum Gasteiger partial charge on any atom is 0.303 e. The van der Waals surface area contributed by atoms with Gasteiger partial charge in [0.1, 0.15) is 0 Å². The Kier molecular flexibility index (Phi) is 7.62. The number of aliphatic carboxylic acids is 1. The van der Waals surface area contributed by atoms with Crippen LogP contribution in [-0.4, -0.2) is 29.6 Å². The average molecular weight is 216 g/mol. The van der Waals surface area contributed by atoms with E-state index in [2.05, 4.69) is 12.2 Å². The highest BCUT2D eigenvalue weighted by Gasteiger charge is 2.13. The largest absolute Gasteiger partial charge is 0.481 e. The third-order valence-electron chi connectivity index (χ3n) is 2.09. The molecule has 1 amide bonds. The number of amides is 1. The van der Waals surface area contributed by atoms with Crippen LogP contribution in [0.25, 0.3) is 0 Å². The van der Waals surface area contributed by atoms with E-state index in [1.165, 1.54) is 0 Å². The molecule has 4 N–H and O–H groups in total. The lowest BCUT2D eigenvalue weighted by molar-refractivity contribution is -0.137. The number of nitrogens with one attached hydrogen (secondary N) is 1. The van der Waals surface area contributed by atoms with Crippen molar-refractivity contribution in [3.05, 3.63) is 0 Å². The maximum atomic E-state index is 11.3. The van der Waals surface area contributed by atoms with E-state index >= 15 is 0 Å². The fourth-order valence-electron chi connectivity index (χ4n) is 1.13. The number of hydrogen-bond acceptors (Lipinski definition) is 3. The molecule has 0 aromatic carbocycles. The molecule has 0 bridgehead atoms. The van der Waals surface area contributed by atoms with E-state index in [4.69, 9.17) is 10.8 Å². The highest BCUT2D eigenvalue weighted by atomic mass is 16.4. The second-order valence-corrected chi connectivity index (χ2v) is 3.54. The highest BCUT2D eigenvalue weighted by Crippen LogP contribution is 1.96. The lowest BCUT2D eigenvalue weighted by Gasteiger charge is -2.10. The zero-order valence-electron chi connectivity index (χ0n) is 9.16. The molecule has 88 valence electrons. The van der Waals surface area contributed by atoms with Gasteiger partial charge >= 0.3 is 5.97 Å². The summed E-state index contributed by atoms with van der Waals surface area (Å²) in [6.45, 7) is 2.70. The van der Waals surface area contributed by atoms with Crippen molar-refractivity contribution in [2.24, 2.45) is 5.73 Å². The van der Waals surface area contributed by atoms with Crippen LogP contribution in [0.2, 0.25) is 0 Å². The standard InChI is InChI=1S/C10H20N2O3/c1-2-3-4-7-12-10(15)8(11)5-6-9(13)14/h8H,2-7,11H2,1H3,(H,12,15)(H,13,14). The Bertz CT molecular complexity index is 207. The summed E-state index contributed by atoms with van der Waals surface area (Å²) in [6.07, 6.45) is 3.23. The van der Waals surface area contributed by atoms with Crippen LogP contribution in [-0.2, 0) is 9.59 Å². The van der Waals surface area contributed by atoms with Crippen LogP contribution in [0.1, 0.15) is 39.0 Å².